The molecule has 0 saturated carbocycles. The molecule has 21 heavy (non-hydrogen) atoms. The first-order valence-corrected chi connectivity index (χ1v) is 7.31. The number of hydrogen-bond donors (Lipinski definition) is 3. The zero-order chi connectivity index (χ0) is 15.8. The normalized spacial score (nSPS) is 12.0. The molecule has 1 aromatic rings. The standard InChI is InChI=1S/C16H24N2O3/c1-4-7-12(19)10-17-15(20)16(21)18-14-9-6-5-8-13(14)11(2)3/h5-6,8-9,11-12,19H,4,7,10H2,1-3H3,(H,17,20)(H,18,21). The number of rotatable bonds is 6. The number of aliphatic hydroxyl groups excluding tert-OH is 1. The van der Waals surface area contributed by atoms with E-state index in [0.29, 0.717) is 12.1 Å². The first-order chi connectivity index (χ1) is 9.95. The van der Waals surface area contributed by atoms with Crippen molar-refractivity contribution in [3.8, 4) is 0 Å². The molecule has 1 unspecified atom stereocenters. The average Bonchev–Trinajstić information content (AvgIpc) is 2.45. The van der Waals surface area contributed by atoms with E-state index < -0.39 is 17.9 Å². The molecule has 116 valence electrons. The highest BCUT2D eigenvalue weighted by Crippen LogP contribution is 2.23. The van der Waals surface area contributed by atoms with Crippen molar-refractivity contribution < 1.29 is 14.7 Å². The molecular formula is C16H24N2O3. The predicted molar refractivity (Wildman–Crippen MR) is 83.1 cm³/mol. The molecule has 3 N–H and O–H groups in total. The molecule has 0 bridgehead atoms. The highest BCUT2D eigenvalue weighted by Gasteiger charge is 2.16. The van der Waals surface area contributed by atoms with Crippen LogP contribution in [0.5, 0.6) is 0 Å². The number of amides is 2. The Labute approximate surface area is 125 Å². The van der Waals surface area contributed by atoms with Crippen LogP contribution in [-0.4, -0.2) is 29.6 Å². The summed E-state index contributed by atoms with van der Waals surface area (Å²) in [6, 6.07) is 7.40. The Bertz CT molecular complexity index is 486. The number of carbonyl (C=O) groups excluding carboxylic acids is 2. The highest BCUT2D eigenvalue weighted by molar-refractivity contribution is 6.39. The van der Waals surface area contributed by atoms with E-state index in [1.54, 1.807) is 6.07 Å². The van der Waals surface area contributed by atoms with E-state index in [1.165, 1.54) is 0 Å². The zero-order valence-corrected chi connectivity index (χ0v) is 12.8. The highest BCUT2D eigenvalue weighted by atomic mass is 16.3. The van der Waals surface area contributed by atoms with E-state index in [9.17, 15) is 14.7 Å². The largest absolute Gasteiger partial charge is 0.391 e. The van der Waals surface area contributed by atoms with Gasteiger partial charge in [0.15, 0.2) is 0 Å². The first kappa shape index (κ1) is 17.2. The lowest BCUT2D eigenvalue weighted by molar-refractivity contribution is -0.136. The van der Waals surface area contributed by atoms with Gasteiger partial charge >= 0.3 is 11.8 Å². The van der Waals surface area contributed by atoms with Gasteiger partial charge in [0.2, 0.25) is 0 Å². The van der Waals surface area contributed by atoms with E-state index in [1.807, 2.05) is 39.0 Å². The number of para-hydroxylation sites is 1. The van der Waals surface area contributed by atoms with Gasteiger partial charge in [0, 0.05) is 12.2 Å². The molecule has 1 aromatic carbocycles. The van der Waals surface area contributed by atoms with Crippen LogP contribution in [0.3, 0.4) is 0 Å². The minimum Gasteiger partial charge on any atom is -0.391 e. The molecule has 5 heteroatoms. The molecule has 0 aromatic heterocycles. The van der Waals surface area contributed by atoms with Crippen molar-refractivity contribution in [2.24, 2.45) is 0 Å². The summed E-state index contributed by atoms with van der Waals surface area (Å²) >= 11 is 0. The van der Waals surface area contributed by atoms with Gasteiger partial charge in [-0.05, 0) is 24.0 Å². The van der Waals surface area contributed by atoms with Crippen molar-refractivity contribution in [1.29, 1.82) is 0 Å². The number of hydrogen-bond acceptors (Lipinski definition) is 3. The Hall–Kier alpha value is -1.88. The van der Waals surface area contributed by atoms with Gasteiger partial charge in [-0.3, -0.25) is 9.59 Å². The van der Waals surface area contributed by atoms with Crippen LogP contribution in [0.2, 0.25) is 0 Å². The average molecular weight is 292 g/mol. The number of carbonyl (C=O) groups is 2. The molecule has 0 spiro atoms. The zero-order valence-electron chi connectivity index (χ0n) is 12.8. The van der Waals surface area contributed by atoms with Crippen LogP contribution in [0, 0.1) is 0 Å². The fourth-order valence-corrected chi connectivity index (χ4v) is 2.02. The Morgan fingerprint density at radius 3 is 2.48 bits per heavy atom. The van der Waals surface area contributed by atoms with Crippen molar-refractivity contribution >= 4 is 17.5 Å². The summed E-state index contributed by atoms with van der Waals surface area (Å²) in [6.07, 6.45) is 0.804. The molecule has 0 aliphatic carbocycles. The lowest BCUT2D eigenvalue weighted by Gasteiger charge is -2.14. The SMILES string of the molecule is CCCC(O)CNC(=O)C(=O)Nc1ccccc1C(C)C. The fraction of sp³-hybridized carbons (Fsp3) is 0.500. The van der Waals surface area contributed by atoms with Crippen LogP contribution in [0.15, 0.2) is 24.3 Å². The molecule has 0 heterocycles. The van der Waals surface area contributed by atoms with E-state index in [-0.39, 0.29) is 12.5 Å². The van der Waals surface area contributed by atoms with Gasteiger partial charge in [-0.25, -0.2) is 0 Å². The molecular weight excluding hydrogens is 268 g/mol. The van der Waals surface area contributed by atoms with Gasteiger partial charge in [0.05, 0.1) is 6.10 Å². The minimum atomic E-state index is -0.733. The predicted octanol–water partition coefficient (Wildman–Crippen LogP) is 2.03. The van der Waals surface area contributed by atoms with E-state index in [4.69, 9.17) is 0 Å². The number of aliphatic hydroxyl groups is 1. The van der Waals surface area contributed by atoms with Crippen LogP contribution in [0.1, 0.15) is 45.1 Å². The Balaban J connectivity index is 2.59. The van der Waals surface area contributed by atoms with E-state index in [2.05, 4.69) is 10.6 Å². The van der Waals surface area contributed by atoms with Gasteiger partial charge in [0.25, 0.3) is 0 Å². The second-order valence-corrected chi connectivity index (χ2v) is 5.35. The third kappa shape index (κ3) is 5.55. The molecule has 2 amide bonds. The van der Waals surface area contributed by atoms with Crippen molar-refractivity contribution in [3.63, 3.8) is 0 Å². The van der Waals surface area contributed by atoms with E-state index in [0.717, 1.165) is 12.0 Å². The minimum absolute atomic E-state index is 0.0892. The van der Waals surface area contributed by atoms with Crippen molar-refractivity contribution in [1.82, 2.24) is 5.32 Å². The van der Waals surface area contributed by atoms with Gasteiger partial charge in [-0.15, -0.1) is 0 Å². The Morgan fingerprint density at radius 1 is 1.19 bits per heavy atom. The number of nitrogens with one attached hydrogen (secondary N) is 2. The molecule has 0 aliphatic rings. The van der Waals surface area contributed by atoms with Crippen molar-refractivity contribution in [3.05, 3.63) is 29.8 Å². The second-order valence-electron chi connectivity index (χ2n) is 5.35. The van der Waals surface area contributed by atoms with Gasteiger partial charge in [-0.1, -0.05) is 45.4 Å². The van der Waals surface area contributed by atoms with Crippen LogP contribution in [0.4, 0.5) is 5.69 Å². The first-order valence-electron chi connectivity index (χ1n) is 7.31. The van der Waals surface area contributed by atoms with Crippen LogP contribution < -0.4 is 10.6 Å². The summed E-state index contributed by atoms with van der Waals surface area (Å²) in [7, 11) is 0. The summed E-state index contributed by atoms with van der Waals surface area (Å²) in [5.41, 5.74) is 1.62. The molecule has 0 saturated heterocycles. The van der Waals surface area contributed by atoms with Gasteiger partial charge in [-0.2, -0.15) is 0 Å². The topological polar surface area (TPSA) is 78.4 Å². The summed E-state index contributed by atoms with van der Waals surface area (Å²) in [6.45, 7) is 6.07. The van der Waals surface area contributed by atoms with Crippen molar-refractivity contribution in [2.75, 3.05) is 11.9 Å². The summed E-state index contributed by atoms with van der Waals surface area (Å²) < 4.78 is 0. The third-order valence-corrected chi connectivity index (χ3v) is 3.16. The number of anilines is 1. The van der Waals surface area contributed by atoms with Crippen LogP contribution in [0.25, 0.3) is 0 Å². The quantitative estimate of drug-likeness (QED) is 0.702. The summed E-state index contributed by atoms with van der Waals surface area (Å²) in [5.74, 6) is -1.20. The maximum atomic E-state index is 11.9. The smallest absolute Gasteiger partial charge is 0.313 e. The molecule has 0 fully saturated rings. The van der Waals surface area contributed by atoms with Gasteiger partial charge < -0.3 is 15.7 Å². The molecule has 5 nitrogen and oxygen atoms in total. The third-order valence-electron chi connectivity index (χ3n) is 3.16. The maximum absolute atomic E-state index is 11.9. The summed E-state index contributed by atoms with van der Waals surface area (Å²) in [5, 5.41) is 14.6. The second kappa shape index (κ2) is 8.42. The van der Waals surface area contributed by atoms with Crippen LogP contribution >= 0.6 is 0 Å². The fourth-order valence-electron chi connectivity index (χ4n) is 2.02. The lowest BCUT2D eigenvalue weighted by Crippen LogP contribution is -2.39. The Morgan fingerprint density at radius 2 is 1.86 bits per heavy atom. The molecule has 1 rings (SSSR count). The lowest BCUT2D eigenvalue weighted by atomic mass is 10.0. The molecule has 1 atom stereocenters. The Kier molecular flexibility index (Phi) is 6.88. The number of benzene rings is 1. The van der Waals surface area contributed by atoms with E-state index >= 15 is 0 Å². The molecule has 0 radical (unpaired) electrons. The van der Waals surface area contributed by atoms with Gasteiger partial charge in [0.1, 0.15) is 0 Å². The van der Waals surface area contributed by atoms with Crippen molar-refractivity contribution in [2.45, 2.75) is 45.6 Å². The van der Waals surface area contributed by atoms with Crippen LogP contribution in [-0.2, 0) is 9.59 Å². The molecule has 0 aliphatic heterocycles. The maximum Gasteiger partial charge on any atom is 0.313 e. The monoisotopic (exact) mass is 292 g/mol. The summed E-state index contributed by atoms with van der Waals surface area (Å²) in [4.78, 5) is 23.6.